The summed E-state index contributed by atoms with van der Waals surface area (Å²) >= 11 is 9.68. The number of nitrogens with zero attached hydrogens (tertiary/aromatic N) is 2. The molecule has 19 heavy (non-hydrogen) atoms. The number of aryl methyl sites for hydroxylation is 3. The Morgan fingerprint density at radius 1 is 1.16 bits per heavy atom. The first kappa shape index (κ1) is 14.5. The van der Waals surface area contributed by atoms with Gasteiger partial charge in [-0.2, -0.15) is 0 Å². The zero-order valence-electron chi connectivity index (χ0n) is 11.3. The molecule has 0 N–H and O–H groups in total. The van der Waals surface area contributed by atoms with E-state index in [2.05, 4.69) is 58.8 Å². The van der Waals surface area contributed by atoms with Crippen LogP contribution in [-0.2, 0) is 6.42 Å². The molecule has 0 aliphatic carbocycles. The highest BCUT2D eigenvalue weighted by Crippen LogP contribution is 2.30. The lowest BCUT2D eigenvalue weighted by Crippen LogP contribution is -2.00. The Bertz CT molecular complexity index is 591. The first-order valence-corrected chi connectivity index (χ1v) is 7.50. The van der Waals surface area contributed by atoms with Gasteiger partial charge < -0.3 is 0 Å². The van der Waals surface area contributed by atoms with Crippen molar-refractivity contribution < 1.29 is 0 Å². The van der Waals surface area contributed by atoms with E-state index in [0.29, 0.717) is 11.0 Å². The predicted molar refractivity (Wildman–Crippen MR) is 83.6 cm³/mol. The Morgan fingerprint density at radius 3 is 2.37 bits per heavy atom. The lowest BCUT2D eigenvalue weighted by molar-refractivity contribution is 0.867. The topological polar surface area (TPSA) is 25.8 Å². The number of hydrogen-bond acceptors (Lipinski definition) is 2. The molecule has 0 fully saturated rings. The summed E-state index contributed by atoms with van der Waals surface area (Å²) in [5.41, 5.74) is 4.39. The van der Waals surface area contributed by atoms with Gasteiger partial charge in [-0.05, 0) is 47.3 Å². The zero-order chi connectivity index (χ0) is 14.0. The molecule has 0 unspecified atom stereocenters. The van der Waals surface area contributed by atoms with Crippen molar-refractivity contribution in [1.82, 2.24) is 9.97 Å². The fourth-order valence-corrected chi connectivity index (χ4v) is 2.71. The van der Waals surface area contributed by atoms with Gasteiger partial charge in [0.1, 0.15) is 5.15 Å². The lowest BCUT2D eigenvalue weighted by Gasteiger charge is -2.11. The van der Waals surface area contributed by atoms with Crippen molar-refractivity contribution in [3.05, 3.63) is 44.6 Å². The van der Waals surface area contributed by atoms with Gasteiger partial charge in [0.15, 0.2) is 5.82 Å². The fraction of sp³-hybridized carbons (Fsp3) is 0.333. The second-order valence-electron chi connectivity index (χ2n) is 4.62. The number of aromatic nitrogens is 2. The van der Waals surface area contributed by atoms with Gasteiger partial charge in [-0.3, -0.25) is 0 Å². The number of benzene rings is 1. The molecule has 0 saturated heterocycles. The third-order valence-corrected chi connectivity index (χ3v) is 4.41. The van der Waals surface area contributed by atoms with Crippen LogP contribution in [-0.4, -0.2) is 9.97 Å². The Hall–Kier alpha value is -0.930. The largest absolute Gasteiger partial charge is 0.232 e. The van der Waals surface area contributed by atoms with Gasteiger partial charge in [0.05, 0.1) is 10.2 Å². The summed E-state index contributed by atoms with van der Waals surface area (Å²) in [5, 5.41) is 0.483. The number of halogens is 2. The molecular weight excluding hydrogens is 324 g/mol. The minimum absolute atomic E-state index is 0.483. The van der Waals surface area contributed by atoms with Crippen LogP contribution in [0.25, 0.3) is 11.4 Å². The summed E-state index contributed by atoms with van der Waals surface area (Å²) in [6.45, 7) is 6.27. The highest BCUT2D eigenvalue weighted by atomic mass is 79.9. The molecule has 0 spiro atoms. The second-order valence-corrected chi connectivity index (χ2v) is 5.77. The fourth-order valence-electron chi connectivity index (χ4n) is 2.14. The molecule has 2 nitrogen and oxygen atoms in total. The first-order valence-electron chi connectivity index (χ1n) is 6.33. The Balaban J connectivity index is 2.63. The molecule has 0 aliphatic rings. The zero-order valence-corrected chi connectivity index (χ0v) is 13.6. The molecule has 0 saturated carbocycles. The van der Waals surface area contributed by atoms with Crippen molar-refractivity contribution in [2.45, 2.75) is 33.6 Å². The van der Waals surface area contributed by atoms with Crippen molar-refractivity contribution in [1.29, 1.82) is 0 Å². The van der Waals surface area contributed by atoms with Crippen LogP contribution in [0.15, 0.2) is 22.7 Å². The lowest BCUT2D eigenvalue weighted by atomic mass is 10.0. The van der Waals surface area contributed by atoms with Crippen LogP contribution >= 0.6 is 27.5 Å². The van der Waals surface area contributed by atoms with E-state index >= 15 is 0 Å². The van der Waals surface area contributed by atoms with E-state index in [1.165, 1.54) is 11.1 Å². The van der Waals surface area contributed by atoms with Gasteiger partial charge >= 0.3 is 0 Å². The minimum Gasteiger partial charge on any atom is -0.232 e. The van der Waals surface area contributed by atoms with Crippen molar-refractivity contribution >= 4 is 27.5 Å². The first-order chi connectivity index (χ1) is 9.04. The predicted octanol–water partition coefficient (Wildman–Crippen LogP) is 5.13. The average Bonchev–Trinajstić information content (AvgIpc) is 2.35. The maximum Gasteiger partial charge on any atom is 0.161 e. The van der Waals surface area contributed by atoms with Crippen LogP contribution in [0.5, 0.6) is 0 Å². The quantitative estimate of drug-likeness (QED) is 0.725. The van der Waals surface area contributed by atoms with Crippen molar-refractivity contribution in [2.24, 2.45) is 0 Å². The summed E-state index contributed by atoms with van der Waals surface area (Å²) in [6, 6.07) is 6.18. The summed E-state index contributed by atoms with van der Waals surface area (Å²) in [4.78, 5) is 9.09. The SMILES string of the molecule is CCCc1nc(-c2c(C)cccc2C)nc(Cl)c1Br. The van der Waals surface area contributed by atoms with E-state index in [0.717, 1.165) is 28.6 Å². The maximum atomic E-state index is 6.21. The summed E-state index contributed by atoms with van der Waals surface area (Å²) < 4.78 is 0.811. The maximum absolute atomic E-state index is 6.21. The van der Waals surface area contributed by atoms with Gasteiger partial charge in [0.2, 0.25) is 0 Å². The van der Waals surface area contributed by atoms with E-state index in [1.807, 2.05) is 6.07 Å². The number of rotatable bonds is 3. The van der Waals surface area contributed by atoms with Crippen LogP contribution in [0.4, 0.5) is 0 Å². The molecular formula is C15H16BrClN2. The van der Waals surface area contributed by atoms with Crippen molar-refractivity contribution in [3.8, 4) is 11.4 Å². The second kappa shape index (κ2) is 6.02. The van der Waals surface area contributed by atoms with Gasteiger partial charge in [-0.1, -0.05) is 43.1 Å². The molecule has 1 aromatic carbocycles. The Morgan fingerprint density at radius 2 is 1.79 bits per heavy atom. The molecule has 0 amide bonds. The molecule has 1 heterocycles. The van der Waals surface area contributed by atoms with Crippen LogP contribution in [0.3, 0.4) is 0 Å². The molecule has 0 atom stereocenters. The molecule has 0 aliphatic heterocycles. The van der Waals surface area contributed by atoms with Crippen molar-refractivity contribution in [2.75, 3.05) is 0 Å². The summed E-state index contributed by atoms with van der Waals surface area (Å²) in [6.07, 6.45) is 1.92. The third kappa shape index (κ3) is 2.98. The highest BCUT2D eigenvalue weighted by molar-refractivity contribution is 9.10. The molecule has 100 valence electrons. The van der Waals surface area contributed by atoms with E-state index < -0.39 is 0 Å². The minimum atomic E-state index is 0.483. The van der Waals surface area contributed by atoms with E-state index in [9.17, 15) is 0 Å². The Labute approximate surface area is 127 Å². The van der Waals surface area contributed by atoms with Crippen molar-refractivity contribution in [3.63, 3.8) is 0 Å². The van der Waals surface area contributed by atoms with Crippen LogP contribution in [0.1, 0.15) is 30.2 Å². The Kier molecular flexibility index (Phi) is 4.58. The van der Waals surface area contributed by atoms with Gasteiger partial charge in [-0.25, -0.2) is 9.97 Å². The summed E-state index contributed by atoms with van der Waals surface area (Å²) in [7, 11) is 0. The van der Waals surface area contributed by atoms with Crippen LogP contribution in [0.2, 0.25) is 5.15 Å². The van der Waals surface area contributed by atoms with Gasteiger partial charge in [-0.15, -0.1) is 0 Å². The van der Waals surface area contributed by atoms with Crippen LogP contribution in [0, 0.1) is 13.8 Å². The van der Waals surface area contributed by atoms with Gasteiger partial charge in [0, 0.05) is 5.56 Å². The molecule has 4 heteroatoms. The highest BCUT2D eigenvalue weighted by Gasteiger charge is 2.14. The molecule has 0 radical (unpaired) electrons. The monoisotopic (exact) mass is 338 g/mol. The van der Waals surface area contributed by atoms with Gasteiger partial charge in [0.25, 0.3) is 0 Å². The summed E-state index contributed by atoms with van der Waals surface area (Å²) in [5.74, 6) is 0.715. The standard InChI is InChI=1S/C15H16BrClN2/c1-4-6-11-13(16)14(17)19-15(18-11)12-9(2)7-5-8-10(12)3/h5,7-8H,4,6H2,1-3H3. The molecule has 0 bridgehead atoms. The van der Waals surface area contributed by atoms with Crippen LogP contribution < -0.4 is 0 Å². The third-order valence-electron chi connectivity index (χ3n) is 3.07. The molecule has 2 aromatic rings. The molecule has 2 rings (SSSR count). The smallest absolute Gasteiger partial charge is 0.161 e. The number of hydrogen-bond donors (Lipinski definition) is 0. The normalized spacial score (nSPS) is 10.8. The van der Waals surface area contributed by atoms with E-state index in [4.69, 9.17) is 11.6 Å². The van der Waals surface area contributed by atoms with E-state index in [1.54, 1.807) is 0 Å². The average molecular weight is 340 g/mol. The molecule has 1 aromatic heterocycles. The van der Waals surface area contributed by atoms with E-state index in [-0.39, 0.29) is 0 Å².